The molecule has 1 saturated heterocycles. The molecular weight excluding hydrogens is 333 g/mol. The van der Waals surface area contributed by atoms with Crippen LogP contribution in [0.25, 0.3) is 0 Å². The molecule has 8 heteroatoms. The Labute approximate surface area is 125 Å². The van der Waals surface area contributed by atoms with Gasteiger partial charge in [-0.2, -0.15) is 0 Å². The quantitative estimate of drug-likeness (QED) is 0.794. The van der Waals surface area contributed by atoms with Crippen molar-refractivity contribution in [3.05, 3.63) is 28.2 Å². The molecule has 19 heavy (non-hydrogen) atoms. The van der Waals surface area contributed by atoms with Crippen molar-refractivity contribution < 1.29 is 13.2 Å². The van der Waals surface area contributed by atoms with Gasteiger partial charge < -0.3 is 4.90 Å². The largest absolute Gasteiger partial charge is 0.312 e. The Balaban J connectivity index is 2.18. The number of halogens is 3. The van der Waals surface area contributed by atoms with Gasteiger partial charge in [-0.1, -0.05) is 23.2 Å². The van der Waals surface area contributed by atoms with Gasteiger partial charge in [-0.25, -0.2) is 8.42 Å². The normalized spacial score (nSPS) is 20.1. The summed E-state index contributed by atoms with van der Waals surface area (Å²) >= 11 is 11.7. The molecule has 4 nitrogen and oxygen atoms in total. The minimum atomic E-state index is -3.61. The van der Waals surface area contributed by atoms with Crippen LogP contribution in [0, 0.1) is 5.92 Å². The molecule has 0 radical (unpaired) electrons. The number of nitrogens with zero attached hydrogens (tertiary/aromatic N) is 1. The van der Waals surface area contributed by atoms with Crippen LogP contribution in [0.4, 0.5) is 5.69 Å². The van der Waals surface area contributed by atoms with Gasteiger partial charge in [-0.15, -0.1) is 0 Å². The zero-order valence-electron chi connectivity index (χ0n) is 9.64. The molecule has 0 saturated carbocycles. The first kappa shape index (κ1) is 14.9. The highest BCUT2D eigenvalue weighted by molar-refractivity contribution is 8.13. The van der Waals surface area contributed by atoms with Crippen LogP contribution in [0.15, 0.2) is 18.2 Å². The zero-order valence-corrected chi connectivity index (χ0v) is 12.7. The van der Waals surface area contributed by atoms with Gasteiger partial charge in [0.15, 0.2) is 0 Å². The SMILES string of the molecule is O=C1CC(CS(=O)(=O)Cl)CN1c1ccc(Cl)c(Cl)c1. The smallest absolute Gasteiger partial charge is 0.232 e. The summed E-state index contributed by atoms with van der Waals surface area (Å²) in [5.74, 6) is -0.661. The van der Waals surface area contributed by atoms with Crippen molar-refractivity contribution in [3.63, 3.8) is 0 Å². The van der Waals surface area contributed by atoms with Crippen LogP contribution in [0.3, 0.4) is 0 Å². The summed E-state index contributed by atoms with van der Waals surface area (Å²) in [6.07, 6.45) is 0.159. The maximum Gasteiger partial charge on any atom is 0.232 e. The summed E-state index contributed by atoms with van der Waals surface area (Å²) in [5, 5.41) is 0.748. The third-order valence-corrected chi connectivity index (χ3v) is 4.84. The van der Waals surface area contributed by atoms with E-state index in [-0.39, 0.29) is 24.0 Å². The standard InChI is InChI=1S/C11H10Cl3NO3S/c12-9-2-1-8(4-10(9)13)15-5-7(3-11(15)16)6-19(14,17)18/h1-2,4,7H,3,5-6H2. The Bertz CT molecular complexity index is 618. The Kier molecular flexibility index (Phi) is 4.30. The summed E-state index contributed by atoms with van der Waals surface area (Å²) in [6, 6.07) is 4.85. The van der Waals surface area contributed by atoms with Crippen LogP contribution >= 0.6 is 33.9 Å². The lowest BCUT2D eigenvalue weighted by Gasteiger charge is -2.17. The van der Waals surface area contributed by atoms with Crippen molar-refractivity contribution in [3.8, 4) is 0 Å². The summed E-state index contributed by atoms with van der Waals surface area (Å²) in [4.78, 5) is 13.4. The van der Waals surface area contributed by atoms with Crippen molar-refractivity contribution in [2.45, 2.75) is 6.42 Å². The number of hydrogen-bond donors (Lipinski definition) is 0. The predicted molar refractivity (Wildman–Crippen MR) is 76.6 cm³/mol. The molecule has 1 amide bonds. The number of benzene rings is 1. The van der Waals surface area contributed by atoms with Crippen LogP contribution in [0.2, 0.25) is 10.0 Å². The highest BCUT2D eigenvalue weighted by Crippen LogP contribution is 2.31. The van der Waals surface area contributed by atoms with Crippen LogP contribution in [0.1, 0.15) is 6.42 Å². The number of carbonyl (C=O) groups excluding carboxylic acids is 1. The van der Waals surface area contributed by atoms with E-state index in [9.17, 15) is 13.2 Å². The first-order chi connectivity index (χ1) is 8.76. The highest BCUT2D eigenvalue weighted by atomic mass is 35.7. The summed E-state index contributed by atoms with van der Waals surface area (Å²) in [5.41, 5.74) is 0.605. The zero-order chi connectivity index (χ0) is 14.2. The van der Waals surface area contributed by atoms with Gasteiger partial charge in [0.2, 0.25) is 15.0 Å². The monoisotopic (exact) mass is 341 g/mol. The van der Waals surface area contributed by atoms with Gasteiger partial charge in [-0.05, 0) is 18.2 Å². The molecule has 1 aliphatic rings. The molecule has 0 aliphatic carbocycles. The topological polar surface area (TPSA) is 54.5 Å². The highest BCUT2D eigenvalue weighted by Gasteiger charge is 2.33. The lowest BCUT2D eigenvalue weighted by Crippen LogP contribution is -2.25. The van der Waals surface area contributed by atoms with E-state index in [1.54, 1.807) is 18.2 Å². The van der Waals surface area contributed by atoms with Crippen molar-refractivity contribution in [2.75, 3.05) is 17.2 Å². The van der Waals surface area contributed by atoms with E-state index in [1.165, 1.54) is 4.90 Å². The fourth-order valence-corrected chi connectivity index (χ4v) is 3.69. The molecule has 1 aromatic carbocycles. The Morgan fingerprint density at radius 3 is 2.53 bits per heavy atom. The molecule has 104 valence electrons. The fourth-order valence-electron chi connectivity index (χ4n) is 2.08. The van der Waals surface area contributed by atoms with Crippen LogP contribution in [-0.2, 0) is 13.8 Å². The van der Waals surface area contributed by atoms with E-state index >= 15 is 0 Å². The summed E-state index contributed by atoms with van der Waals surface area (Å²) < 4.78 is 22.1. The third-order valence-electron chi connectivity index (χ3n) is 2.85. The van der Waals surface area contributed by atoms with Crippen molar-refractivity contribution in [1.29, 1.82) is 0 Å². The van der Waals surface area contributed by atoms with Crippen molar-refractivity contribution in [1.82, 2.24) is 0 Å². The van der Waals surface area contributed by atoms with Gasteiger partial charge >= 0.3 is 0 Å². The molecule has 1 heterocycles. The van der Waals surface area contributed by atoms with Crippen molar-refractivity contribution >= 4 is 54.5 Å². The molecule has 1 fully saturated rings. The molecule has 1 aromatic rings. The summed E-state index contributed by atoms with van der Waals surface area (Å²) in [7, 11) is 1.60. The Morgan fingerprint density at radius 2 is 1.95 bits per heavy atom. The maximum atomic E-state index is 11.9. The second-order valence-corrected chi connectivity index (χ2v) is 8.01. The van der Waals surface area contributed by atoms with E-state index < -0.39 is 9.05 Å². The number of hydrogen-bond acceptors (Lipinski definition) is 3. The number of amides is 1. The molecule has 2 rings (SSSR count). The summed E-state index contributed by atoms with van der Waals surface area (Å²) in [6.45, 7) is 0.308. The third kappa shape index (κ3) is 3.75. The average molecular weight is 343 g/mol. The lowest BCUT2D eigenvalue weighted by atomic mass is 10.1. The number of anilines is 1. The van der Waals surface area contributed by atoms with E-state index in [2.05, 4.69) is 0 Å². The predicted octanol–water partition coefficient (Wildman–Crippen LogP) is 2.91. The molecule has 1 atom stereocenters. The van der Waals surface area contributed by atoms with Gasteiger partial charge in [0.05, 0.1) is 15.8 Å². The van der Waals surface area contributed by atoms with Crippen molar-refractivity contribution in [2.24, 2.45) is 5.92 Å². The molecule has 0 bridgehead atoms. The minimum Gasteiger partial charge on any atom is -0.312 e. The average Bonchev–Trinajstić information content (AvgIpc) is 2.61. The molecule has 0 aromatic heterocycles. The van der Waals surface area contributed by atoms with E-state index in [4.69, 9.17) is 33.9 Å². The first-order valence-electron chi connectivity index (χ1n) is 5.44. The molecule has 1 unspecified atom stereocenters. The van der Waals surface area contributed by atoms with E-state index in [0.717, 1.165) is 0 Å². The number of rotatable bonds is 3. The van der Waals surface area contributed by atoms with Crippen LogP contribution < -0.4 is 4.90 Å². The molecule has 0 spiro atoms. The van der Waals surface area contributed by atoms with Gasteiger partial charge in [0.25, 0.3) is 0 Å². The van der Waals surface area contributed by atoms with Gasteiger partial charge in [0, 0.05) is 35.3 Å². The molecule has 0 N–H and O–H groups in total. The fraction of sp³-hybridized carbons (Fsp3) is 0.364. The minimum absolute atomic E-state index is 0.149. The molecule has 1 aliphatic heterocycles. The van der Waals surface area contributed by atoms with Gasteiger partial charge in [0.1, 0.15) is 0 Å². The first-order valence-corrected chi connectivity index (χ1v) is 8.67. The second-order valence-electron chi connectivity index (χ2n) is 4.38. The Morgan fingerprint density at radius 1 is 1.26 bits per heavy atom. The molecular formula is C11H10Cl3NO3S. The van der Waals surface area contributed by atoms with E-state index in [1.807, 2.05) is 0 Å². The van der Waals surface area contributed by atoms with Crippen LogP contribution in [0.5, 0.6) is 0 Å². The van der Waals surface area contributed by atoms with Gasteiger partial charge in [-0.3, -0.25) is 4.79 Å². The second kappa shape index (κ2) is 5.48. The van der Waals surface area contributed by atoms with E-state index in [0.29, 0.717) is 22.3 Å². The number of carbonyl (C=O) groups is 1. The maximum absolute atomic E-state index is 11.9. The van der Waals surface area contributed by atoms with Crippen LogP contribution in [-0.4, -0.2) is 26.6 Å². The Hall–Kier alpha value is -0.490. The lowest BCUT2D eigenvalue weighted by molar-refractivity contribution is -0.117.